The number of carboxylic acid groups (broad SMARTS) is 1. The molecule has 1 heterocycles. The van der Waals surface area contributed by atoms with Crippen molar-refractivity contribution in [1.82, 2.24) is 15.3 Å². The number of nitrogens with zero attached hydrogens (tertiary/aromatic N) is 3. The van der Waals surface area contributed by atoms with E-state index < -0.39 is 12.0 Å². The number of carboxylic acids is 1. The quantitative estimate of drug-likeness (QED) is 0.0589. The normalized spacial score (nSPS) is 12.0. The van der Waals surface area contributed by atoms with Crippen LogP contribution in [0.2, 0.25) is 10.0 Å². The van der Waals surface area contributed by atoms with E-state index in [0.717, 1.165) is 27.3 Å². The minimum Gasteiger partial charge on any atom is -0.489 e. The molecule has 2 rings (SSSR count). The van der Waals surface area contributed by atoms with Crippen LogP contribution in [0.1, 0.15) is 23.6 Å². The predicted molar refractivity (Wildman–Crippen MR) is 172 cm³/mol. The number of amides is 2. The minimum absolute atomic E-state index is 0.147. The van der Waals surface area contributed by atoms with E-state index in [1.807, 2.05) is 26.0 Å². The van der Waals surface area contributed by atoms with E-state index in [0.29, 0.717) is 74.8 Å². The molecule has 0 bridgehead atoms. The Hall–Kier alpha value is -3.59. The lowest BCUT2D eigenvalue weighted by Gasteiger charge is -2.14. The summed E-state index contributed by atoms with van der Waals surface area (Å²) < 4.78 is 22.0. The van der Waals surface area contributed by atoms with E-state index in [9.17, 15) is 19.5 Å². The molecule has 0 aliphatic rings. The van der Waals surface area contributed by atoms with Crippen LogP contribution in [0, 0.1) is 6.92 Å². The van der Waals surface area contributed by atoms with Crippen molar-refractivity contribution in [3.05, 3.63) is 69.2 Å². The van der Waals surface area contributed by atoms with Crippen molar-refractivity contribution in [3.63, 3.8) is 0 Å². The van der Waals surface area contributed by atoms with Gasteiger partial charge in [0, 0.05) is 32.4 Å². The monoisotopic (exact) mass is 669 g/mol. The van der Waals surface area contributed by atoms with Crippen LogP contribution in [0.3, 0.4) is 0 Å². The van der Waals surface area contributed by atoms with Crippen LogP contribution in [-0.2, 0) is 39.8 Å². The Labute approximate surface area is 273 Å². The van der Waals surface area contributed by atoms with Crippen LogP contribution < -0.4 is 11.1 Å². The number of aromatic nitrogens is 1. The van der Waals surface area contributed by atoms with Crippen molar-refractivity contribution in [3.8, 4) is 0 Å². The molecule has 2 amide bonds. The molecule has 13 nitrogen and oxygen atoms in total. The Bertz CT molecular complexity index is 1210. The molecule has 248 valence electrons. The van der Waals surface area contributed by atoms with E-state index in [4.69, 9.17) is 47.9 Å². The first-order valence-electron chi connectivity index (χ1n) is 13.9. The second-order valence-corrected chi connectivity index (χ2v) is 10.0. The first-order chi connectivity index (χ1) is 21.6. The maximum atomic E-state index is 11.2. The smallest absolute Gasteiger partial charge is 0.326 e. The van der Waals surface area contributed by atoms with Gasteiger partial charge in [-0.2, -0.15) is 5.10 Å². The molecule has 0 fully saturated rings. The molecule has 0 aliphatic heterocycles. The van der Waals surface area contributed by atoms with Gasteiger partial charge in [-0.3, -0.25) is 14.6 Å². The van der Waals surface area contributed by atoms with Gasteiger partial charge >= 0.3 is 5.97 Å². The first kappa shape index (κ1) is 39.4. The van der Waals surface area contributed by atoms with Crippen molar-refractivity contribution in [2.45, 2.75) is 26.3 Å². The molecule has 0 saturated carbocycles. The number of aliphatic carboxylic acids is 1. The molecule has 4 N–H and O–H groups in total. The number of allylic oxidation sites excluding steroid dienone is 2. The third kappa shape index (κ3) is 16.9. The van der Waals surface area contributed by atoms with E-state index in [1.165, 1.54) is 13.3 Å². The summed E-state index contributed by atoms with van der Waals surface area (Å²) in [7, 11) is 1.50. The Morgan fingerprint density at radius 2 is 1.58 bits per heavy atom. The zero-order valence-corrected chi connectivity index (χ0v) is 27.1. The second-order valence-electron chi connectivity index (χ2n) is 9.19. The molecule has 2 aromatic rings. The summed E-state index contributed by atoms with van der Waals surface area (Å²) in [4.78, 5) is 36.5. The minimum atomic E-state index is -1.11. The van der Waals surface area contributed by atoms with E-state index >= 15 is 0 Å². The van der Waals surface area contributed by atoms with Crippen LogP contribution in [0.4, 0.5) is 0 Å². The largest absolute Gasteiger partial charge is 0.489 e. The number of hydrogen-bond donors (Lipinski definition) is 3. The molecule has 45 heavy (non-hydrogen) atoms. The van der Waals surface area contributed by atoms with E-state index in [2.05, 4.69) is 15.4 Å². The molecule has 0 aliphatic carbocycles. The van der Waals surface area contributed by atoms with Crippen molar-refractivity contribution >= 4 is 53.8 Å². The van der Waals surface area contributed by atoms with Crippen molar-refractivity contribution in [2.75, 3.05) is 59.8 Å². The Kier molecular flexibility index (Phi) is 20.8. The molecule has 1 aromatic carbocycles. The molecule has 1 unspecified atom stereocenters. The van der Waals surface area contributed by atoms with Gasteiger partial charge in [-0.1, -0.05) is 47.5 Å². The number of benzene rings is 1. The number of hydrogen-bond acceptors (Lipinski definition) is 10. The lowest BCUT2D eigenvalue weighted by Crippen LogP contribution is -2.37. The SMILES string of the molecule is C/C(=C(\C=N/N(C)C=O)OCCOCCOCCOCCN)c1ccc(CC(NC=O)C(=O)O)cc1.Cc1c(Cl)cncc1Cl. The van der Waals surface area contributed by atoms with Gasteiger partial charge in [0.05, 0.1) is 55.9 Å². The fourth-order valence-electron chi connectivity index (χ4n) is 3.29. The Morgan fingerprint density at radius 1 is 1.02 bits per heavy atom. The summed E-state index contributed by atoms with van der Waals surface area (Å²) in [5.74, 6) is -0.668. The Morgan fingerprint density at radius 3 is 2.07 bits per heavy atom. The highest BCUT2D eigenvalue weighted by Gasteiger charge is 2.17. The zero-order chi connectivity index (χ0) is 33.5. The van der Waals surface area contributed by atoms with Crippen molar-refractivity contribution in [2.24, 2.45) is 10.8 Å². The molecule has 0 radical (unpaired) electrons. The summed E-state index contributed by atoms with van der Waals surface area (Å²) in [6.07, 6.45) is 5.67. The molecule has 1 aromatic heterocycles. The molecule has 0 saturated heterocycles. The summed E-state index contributed by atoms with van der Waals surface area (Å²) in [5, 5.41) is 17.8. The number of nitrogens with one attached hydrogen (secondary N) is 1. The third-order valence-corrected chi connectivity index (χ3v) is 6.62. The molecular weight excluding hydrogens is 629 g/mol. The highest BCUT2D eigenvalue weighted by Crippen LogP contribution is 2.21. The highest BCUT2D eigenvalue weighted by molar-refractivity contribution is 6.35. The standard InChI is InChI=1S/C24H36N4O8.C6H5Cl2N/c1-19(21-5-3-20(4-6-21)15-22(24(31)32)26-17-29)23(16-27-28(2)18-30)36-14-13-35-12-11-34-10-9-33-8-7-25;1-4-5(7)2-9-3-6(4)8/h3-6,16-18,22H,7-15,25H2,1-2H3,(H,26,29)(H,31,32);2-3H,1H3/b23-19-,27-16-;. The number of carbonyl (C=O) groups is 3. The number of halogens is 2. The lowest BCUT2D eigenvalue weighted by atomic mass is 10.0. The maximum Gasteiger partial charge on any atom is 0.326 e. The highest BCUT2D eigenvalue weighted by atomic mass is 35.5. The zero-order valence-electron chi connectivity index (χ0n) is 25.6. The van der Waals surface area contributed by atoms with Crippen LogP contribution in [0.15, 0.2) is 47.5 Å². The maximum absolute atomic E-state index is 11.2. The number of pyridine rings is 1. The van der Waals surface area contributed by atoms with Gasteiger partial charge in [0.15, 0.2) is 0 Å². The van der Waals surface area contributed by atoms with Crippen molar-refractivity contribution in [1.29, 1.82) is 0 Å². The van der Waals surface area contributed by atoms with E-state index in [-0.39, 0.29) is 13.0 Å². The Balaban J connectivity index is 0.000000956. The number of hydrazone groups is 1. The summed E-state index contributed by atoms with van der Waals surface area (Å²) in [6, 6.07) is 6.17. The predicted octanol–water partition coefficient (Wildman–Crippen LogP) is 2.96. The fourth-order valence-corrected chi connectivity index (χ4v) is 3.66. The fraction of sp³-hybridized carbons (Fsp3) is 0.433. The number of ether oxygens (including phenoxy) is 4. The van der Waals surface area contributed by atoms with Gasteiger partial charge in [-0.05, 0) is 36.1 Å². The molecule has 1 atom stereocenters. The third-order valence-electron chi connectivity index (χ3n) is 5.86. The molecule has 15 heteroatoms. The van der Waals surface area contributed by atoms with Gasteiger partial charge in [-0.25, -0.2) is 9.80 Å². The summed E-state index contributed by atoms with van der Waals surface area (Å²) in [6.45, 7) is 7.03. The van der Waals surface area contributed by atoms with Gasteiger partial charge in [-0.15, -0.1) is 0 Å². The van der Waals surface area contributed by atoms with Crippen LogP contribution in [-0.4, -0.2) is 106 Å². The number of nitrogens with two attached hydrogens (primary N) is 1. The van der Waals surface area contributed by atoms with Crippen LogP contribution in [0.5, 0.6) is 0 Å². The second kappa shape index (κ2) is 23.7. The average molecular weight is 671 g/mol. The van der Waals surface area contributed by atoms with E-state index in [1.54, 1.807) is 24.5 Å². The number of carbonyl (C=O) groups excluding carboxylic acids is 2. The number of rotatable bonds is 21. The van der Waals surface area contributed by atoms with Gasteiger partial charge in [0.1, 0.15) is 18.4 Å². The lowest BCUT2D eigenvalue weighted by molar-refractivity contribution is -0.140. The average Bonchev–Trinajstić information content (AvgIpc) is 3.03. The van der Waals surface area contributed by atoms with Crippen LogP contribution >= 0.6 is 23.2 Å². The van der Waals surface area contributed by atoms with Crippen LogP contribution in [0.25, 0.3) is 5.57 Å². The van der Waals surface area contributed by atoms with Gasteiger partial charge < -0.3 is 35.1 Å². The van der Waals surface area contributed by atoms with Crippen molar-refractivity contribution < 1.29 is 38.4 Å². The molecular formula is C30H41Cl2N5O8. The van der Waals surface area contributed by atoms with Gasteiger partial charge in [0.25, 0.3) is 0 Å². The summed E-state index contributed by atoms with van der Waals surface area (Å²) >= 11 is 11.3. The first-order valence-corrected chi connectivity index (χ1v) is 14.7. The topological polar surface area (TPSA) is 175 Å². The summed E-state index contributed by atoms with van der Waals surface area (Å²) in [5.41, 5.74) is 8.53. The molecule has 0 spiro atoms. The van der Waals surface area contributed by atoms with Gasteiger partial charge in [0.2, 0.25) is 12.8 Å².